The van der Waals surface area contributed by atoms with Crippen LogP contribution in [0.25, 0.3) is 0 Å². The second-order valence-electron chi connectivity index (χ2n) is 5.15. The molecule has 0 spiro atoms. The molecule has 0 saturated carbocycles. The maximum Gasteiger partial charge on any atom is 0.257 e. The number of phenols is 1. The average molecular weight is 330 g/mol. The number of phenolic OH excluding ortho intramolecular Hbond substituents is 1. The summed E-state index contributed by atoms with van der Waals surface area (Å²) in [6.07, 6.45) is 0.0295. The lowest BCUT2D eigenvalue weighted by Gasteiger charge is -2.12. The molecular weight excluding hydrogens is 312 g/mol. The van der Waals surface area contributed by atoms with Crippen molar-refractivity contribution in [1.29, 1.82) is 0 Å². The van der Waals surface area contributed by atoms with Crippen LogP contribution in [0.4, 0.5) is 5.69 Å². The number of benzene rings is 2. The van der Waals surface area contributed by atoms with Crippen LogP contribution in [-0.4, -0.2) is 22.2 Å². The summed E-state index contributed by atoms with van der Waals surface area (Å²) in [5.41, 5.74) is 1.04. The zero-order chi connectivity index (χ0) is 16.8. The van der Waals surface area contributed by atoms with Gasteiger partial charge >= 0.3 is 0 Å². The molecule has 0 aliphatic rings. The number of rotatable bonds is 4. The van der Waals surface area contributed by atoms with Crippen LogP contribution in [0.2, 0.25) is 0 Å². The minimum atomic E-state index is -0.336. The standard InChI is InChI=1S/C17H18N2O3S/c1-11(2)22-15-8-3-5-12(9-15)16(21)19-17(23)18-13-6-4-7-14(20)10-13/h3-11,20H,1-2H3,(H2,18,19,21,23). The molecule has 0 atom stereocenters. The average Bonchev–Trinajstić information content (AvgIpc) is 2.46. The van der Waals surface area contributed by atoms with Crippen LogP contribution >= 0.6 is 12.2 Å². The van der Waals surface area contributed by atoms with Crippen molar-refractivity contribution in [3.05, 3.63) is 54.1 Å². The van der Waals surface area contributed by atoms with E-state index in [1.807, 2.05) is 13.8 Å². The Balaban J connectivity index is 1.99. The molecule has 6 heteroatoms. The fraction of sp³-hybridized carbons (Fsp3) is 0.176. The highest BCUT2D eigenvalue weighted by Crippen LogP contribution is 2.16. The van der Waals surface area contributed by atoms with Gasteiger partial charge < -0.3 is 15.2 Å². The number of carbonyl (C=O) groups is 1. The molecule has 2 rings (SSSR count). The van der Waals surface area contributed by atoms with Gasteiger partial charge in [0.15, 0.2) is 5.11 Å². The van der Waals surface area contributed by atoms with Gasteiger partial charge in [0.25, 0.3) is 5.91 Å². The molecule has 1 amide bonds. The van der Waals surface area contributed by atoms with Gasteiger partial charge in [0, 0.05) is 17.3 Å². The van der Waals surface area contributed by atoms with Crippen molar-refractivity contribution in [2.45, 2.75) is 20.0 Å². The van der Waals surface area contributed by atoms with Crippen LogP contribution in [0.1, 0.15) is 24.2 Å². The van der Waals surface area contributed by atoms with Crippen LogP contribution in [0.5, 0.6) is 11.5 Å². The Labute approximate surface area is 140 Å². The number of carbonyl (C=O) groups excluding carboxylic acids is 1. The van der Waals surface area contributed by atoms with Crippen molar-refractivity contribution < 1.29 is 14.6 Å². The van der Waals surface area contributed by atoms with Crippen molar-refractivity contribution in [2.24, 2.45) is 0 Å². The van der Waals surface area contributed by atoms with E-state index >= 15 is 0 Å². The molecule has 2 aromatic carbocycles. The van der Waals surface area contributed by atoms with Crippen molar-refractivity contribution in [3.63, 3.8) is 0 Å². The molecule has 0 aromatic heterocycles. The van der Waals surface area contributed by atoms with E-state index in [0.29, 0.717) is 17.0 Å². The molecule has 3 N–H and O–H groups in total. The van der Waals surface area contributed by atoms with Gasteiger partial charge in [-0.25, -0.2) is 0 Å². The highest BCUT2D eigenvalue weighted by molar-refractivity contribution is 7.80. The van der Waals surface area contributed by atoms with Crippen molar-refractivity contribution in [3.8, 4) is 11.5 Å². The Morgan fingerprint density at radius 1 is 1.17 bits per heavy atom. The maximum absolute atomic E-state index is 12.2. The van der Waals surface area contributed by atoms with Crippen LogP contribution in [-0.2, 0) is 0 Å². The number of ether oxygens (including phenoxy) is 1. The Morgan fingerprint density at radius 2 is 1.91 bits per heavy atom. The Hall–Kier alpha value is -2.60. The molecule has 0 bridgehead atoms. The minimum Gasteiger partial charge on any atom is -0.508 e. The molecular formula is C17H18N2O3S. The highest BCUT2D eigenvalue weighted by atomic mass is 32.1. The van der Waals surface area contributed by atoms with E-state index in [0.717, 1.165) is 0 Å². The maximum atomic E-state index is 12.2. The summed E-state index contributed by atoms with van der Waals surface area (Å²) in [6.45, 7) is 3.84. The first-order valence-electron chi connectivity index (χ1n) is 7.12. The van der Waals surface area contributed by atoms with Gasteiger partial charge in [-0.05, 0) is 56.4 Å². The van der Waals surface area contributed by atoms with E-state index in [1.165, 1.54) is 6.07 Å². The monoisotopic (exact) mass is 330 g/mol. The van der Waals surface area contributed by atoms with E-state index in [2.05, 4.69) is 10.6 Å². The largest absolute Gasteiger partial charge is 0.508 e. The van der Waals surface area contributed by atoms with Crippen molar-refractivity contribution in [2.75, 3.05) is 5.32 Å². The van der Waals surface area contributed by atoms with E-state index < -0.39 is 0 Å². The van der Waals surface area contributed by atoms with E-state index in [4.69, 9.17) is 17.0 Å². The van der Waals surface area contributed by atoms with Gasteiger partial charge in [-0.1, -0.05) is 12.1 Å². The van der Waals surface area contributed by atoms with Gasteiger partial charge in [-0.3, -0.25) is 10.1 Å². The number of nitrogens with one attached hydrogen (secondary N) is 2. The lowest BCUT2D eigenvalue weighted by Crippen LogP contribution is -2.34. The third kappa shape index (κ3) is 5.27. The van der Waals surface area contributed by atoms with Gasteiger partial charge in [0.1, 0.15) is 11.5 Å². The summed E-state index contributed by atoms with van der Waals surface area (Å²) < 4.78 is 5.56. The molecule has 2 aromatic rings. The zero-order valence-corrected chi connectivity index (χ0v) is 13.7. The van der Waals surface area contributed by atoms with Crippen molar-refractivity contribution >= 4 is 28.9 Å². The molecule has 0 saturated heterocycles. The van der Waals surface area contributed by atoms with E-state index in [9.17, 15) is 9.90 Å². The molecule has 0 heterocycles. The lowest BCUT2D eigenvalue weighted by molar-refractivity contribution is 0.0977. The second-order valence-corrected chi connectivity index (χ2v) is 5.56. The summed E-state index contributed by atoms with van der Waals surface area (Å²) >= 11 is 5.10. The minimum absolute atomic E-state index is 0.0295. The van der Waals surface area contributed by atoms with Crippen molar-refractivity contribution in [1.82, 2.24) is 5.32 Å². The molecule has 0 aliphatic carbocycles. The Morgan fingerprint density at radius 3 is 2.61 bits per heavy atom. The Bertz CT molecular complexity index is 716. The molecule has 23 heavy (non-hydrogen) atoms. The summed E-state index contributed by atoms with van der Waals surface area (Å²) in [7, 11) is 0. The number of anilines is 1. The topological polar surface area (TPSA) is 70.6 Å². The van der Waals surface area contributed by atoms with Gasteiger partial charge in [-0.2, -0.15) is 0 Å². The predicted octanol–water partition coefficient (Wildman–Crippen LogP) is 3.31. The first-order valence-corrected chi connectivity index (χ1v) is 7.53. The summed E-state index contributed by atoms with van der Waals surface area (Å²) in [5, 5.41) is 15.0. The summed E-state index contributed by atoms with van der Waals surface area (Å²) in [5.74, 6) is 0.402. The second kappa shape index (κ2) is 7.60. The van der Waals surface area contributed by atoms with Crippen LogP contribution in [0, 0.1) is 0 Å². The first kappa shape index (κ1) is 16.8. The van der Waals surface area contributed by atoms with Gasteiger partial charge in [0.05, 0.1) is 6.10 Å². The van der Waals surface area contributed by atoms with Crippen LogP contribution in [0.3, 0.4) is 0 Å². The van der Waals surface area contributed by atoms with Gasteiger partial charge in [0.2, 0.25) is 0 Å². The molecule has 0 fully saturated rings. The third-order valence-electron chi connectivity index (χ3n) is 2.80. The molecule has 0 radical (unpaired) electrons. The first-order chi connectivity index (χ1) is 10.9. The quantitative estimate of drug-likeness (QED) is 0.750. The molecule has 0 unspecified atom stereocenters. The smallest absolute Gasteiger partial charge is 0.257 e. The predicted molar refractivity (Wildman–Crippen MR) is 94.0 cm³/mol. The third-order valence-corrected chi connectivity index (χ3v) is 3.00. The van der Waals surface area contributed by atoms with Crippen LogP contribution < -0.4 is 15.4 Å². The molecule has 0 aliphatic heterocycles. The number of hydrogen-bond acceptors (Lipinski definition) is 4. The lowest BCUT2D eigenvalue weighted by atomic mass is 10.2. The van der Waals surface area contributed by atoms with E-state index in [-0.39, 0.29) is 22.9 Å². The summed E-state index contributed by atoms with van der Waals surface area (Å²) in [4.78, 5) is 12.2. The number of aromatic hydroxyl groups is 1. The molecule has 120 valence electrons. The Kier molecular flexibility index (Phi) is 5.54. The summed E-state index contributed by atoms with van der Waals surface area (Å²) in [6, 6.07) is 13.3. The molecule has 5 nitrogen and oxygen atoms in total. The zero-order valence-electron chi connectivity index (χ0n) is 12.9. The fourth-order valence-corrected chi connectivity index (χ4v) is 2.11. The SMILES string of the molecule is CC(C)Oc1cccc(C(=O)NC(=S)Nc2cccc(O)c2)c1. The number of hydrogen-bond donors (Lipinski definition) is 3. The fourth-order valence-electron chi connectivity index (χ4n) is 1.90. The normalized spacial score (nSPS) is 10.2. The highest BCUT2D eigenvalue weighted by Gasteiger charge is 2.09. The van der Waals surface area contributed by atoms with Crippen LogP contribution in [0.15, 0.2) is 48.5 Å². The van der Waals surface area contributed by atoms with Gasteiger partial charge in [-0.15, -0.1) is 0 Å². The number of amides is 1. The van der Waals surface area contributed by atoms with E-state index in [1.54, 1.807) is 42.5 Å². The number of thiocarbonyl (C=S) groups is 1.